The van der Waals surface area contributed by atoms with Crippen LogP contribution in [0.2, 0.25) is 0 Å². The fourth-order valence-corrected chi connectivity index (χ4v) is 3.66. The van der Waals surface area contributed by atoms with Crippen LogP contribution in [0, 0.1) is 11.8 Å². The highest BCUT2D eigenvalue weighted by Gasteiger charge is 2.26. The van der Waals surface area contributed by atoms with Crippen LogP contribution < -0.4 is 10.2 Å². The lowest BCUT2D eigenvalue weighted by atomic mass is 9.82. The molecule has 1 aromatic heterocycles. The number of ether oxygens (including phenoxy) is 1. The Hall–Kier alpha value is -2.82. The first-order chi connectivity index (χ1) is 12.6. The molecule has 0 radical (unpaired) electrons. The molecule has 0 spiro atoms. The minimum Gasteiger partial charge on any atom is -0.493 e. The Morgan fingerprint density at radius 2 is 1.77 bits per heavy atom. The zero-order chi connectivity index (χ0) is 18.1. The molecule has 1 fully saturated rings. The topological polar surface area (TPSA) is 76.7 Å². The number of aliphatic carboxylic acids is 1. The van der Waals surface area contributed by atoms with E-state index >= 15 is 0 Å². The molecule has 3 aromatic rings. The van der Waals surface area contributed by atoms with Crippen LogP contribution in [-0.2, 0) is 4.79 Å². The van der Waals surface area contributed by atoms with Crippen LogP contribution in [0.4, 0.5) is 0 Å². The fourth-order valence-electron chi connectivity index (χ4n) is 3.66. The molecule has 0 aliphatic heterocycles. The Balaban J connectivity index is 1.51. The van der Waals surface area contributed by atoms with Crippen LogP contribution >= 0.6 is 0 Å². The van der Waals surface area contributed by atoms with E-state index in [1.165, 1.54) is 0 Å². The van der Waals surface area contributed by atoms with E-state index in [1.807, 2.05) is 18.2 Å². The Morgan fingerprint density at radius 1 is 1.04 bits per heavy atom. The number of hydrogen-bond donors (Lipinski definition) is 1. The van der Waals surface area contributed by atoms with Gasteiger partial charge < -0.3 is 14.3 Å². The summed E-state index contributed by atoms with van der Waals surface area (Å²) in [5.41, 5.74) is 1.06. The molecule has 1 N–H and O–H groups in total. The van der Waals surface area contributed by atoms with E-state index in [1.54, 1.807) is 24.3 Å². The Kier molecular flexibility index (Phi) is 4.37. The van der Waals surface area contributed by atoms with Gasteiger partial charge in [-0.15, -0.1) is 0 Å². The maximum absolute atomic E-state index is 12.7. The zero-order valence-corrected chi connectivity index (χ0v) is 14.3. The lowest BCUT2D eigenvalue weighted by Gasteiger charge is -2.25. The molecule has 26 heavy (non-hydrogen) atoms. The van der Waals surface area contributed by atoms with Gasteiger partial charge in [0.15, 0.2) is 0 Å². The molecule has 5 nitrogen and oxygen atoms in total. The summed E-state index contributed by atoms with van der Waals surface area (Å²) in [5.74, 6) is 0.0810. The van der Waals surface area contributed by atoms with Crippen molar-refractivity contribution in [3.8, 4) is 5.75 Å². The van der Waals surface area contributed by atoms with Crippen molar-refractivity contribution < 1.29 is 19.1 Å². The van der Waals surface area contributed by atoms with Gasteiger partial charge in [0.1, 0.15) is 16.9 Å². The molecule has 134 valence electrons. The predicted octanol–water partition coefficient (Wildman–Crippen LogP) is 4.22. The van der Waals surface area contributed by atoms with Crippen LogP contribution in [0.25, 0.3) is 21.9 Å². The molecule has 5 heteroatoms. The van der Waals surface area contributed by atoms with Gasteiger partial charge in [-0.05, 0) is 61.9 Å². The van der Waals surface area contributed by atoms with Gasteiger partial charge in [0, 0.05) is 0 Å². The summed E-state index contributed by atoms with van der Waals surface area (Å²) in [6.45, 7) is 0.538. The summed E-state index contributed by atoms with van der Waals surface area (Å²) in [5, 5.41) is 10.1. The maximum atomic E-state index is 12.7. The average molecular weight is 352 g/mol. The molecule has 0 bridgehead atoms. The van der Waals surface area contributed by atoms with Crippen molar-refractivity contribution in [2.24, 2.45) is 11.8 Å². The van der Waals surface area contributed by atoms with Gasteiger partial charge in [0.25, 0.3) is 0 Å². The van der Waals surface area contributed by atoms with E-state index in [-0.39, 0.29) is 11.3 Å². The summed E-state index contributed by atoms with van der Waals surface area (Å²) < 4.78 is 11.7. The molecule has 1 aliphatic rings. The van der Waals surface area contributed by atoms with E-state index in [0.717, 1.165) is 12.8 Å². The first-order valence-electron chi connectivity index (χ1n) is 8.93. The Morgan fingerprint density at radius 3 is 2.54 bits per heavy atom. The summed E-state index contributed by atoms with van der Waals surface area (Å²) in [6, 6.07) is 12.5. The summed E-state index contributed by atoms with van der Waals surface area (Å²) in [7, 11) is 0. The van der Waals surface area contributed by atoms with Crippen molar-refractivity contribution in [3.05, 3.63) is 52.7 Å². The Bertz CT molecular complexity index is 1010. The monoisotopic (exact) mass is 352 g/mol. The van der Waals surface area contributed by atoms with Crippen LogP contribution in [-0.4, -0.2) is 17.7 Å². The SMILES string of the molecule is O=C(O)C1CCC(COc2ccc3oc4ccccc4c(=O)c3c2)CC1. The van der Waals surface area contributed by atoms with Crippen molar-refractivity contribution >= 4 is 27.9 Å². The normalized spacial score (nSPS) is 20.3. The van der Waals surface area contributed by atoms with Gasteiger partial charge in [-0.25, -0.2) is 0 Å². The minimum absolute atomic E-state index is 0.0609. The molecule has 1 aliphatic carbocycles. The third kappa shape index (κ3) is 3.17. The summed E-state index contributed by atoms with van der Waals surface area (Å²) in [6.07, 6.45) is 3.13. The van der Waals surface area contributed by atoms with E-state index in [9.17, 15) is 9.59 Å². The highest BCUT2D eigenvalue weighted by molar-refractivity contribution is 5.90. The van der Waals surface area contributed by atoms with E-state index in [4.69, 9.17) is 14.3 Å². The lowest BCUT2D eigenvalue weighted by Crippen LogP contribution is -2.24. The van der Waals surface area contributed by atoms with Gasteiger partial charge in [0.05, 0.1) is 23.3 Å². The largest absolute Gasteiger partial charge is 0.493 e. The van der Waals surface area contributed by atoms with Gasteiger partial charge in [0.2, 0.25) is 5.43 Å². The number of carboxylic acids is 1. The number of hydrogen-bond acceptors (Lipinski definition) is 4. The average Bonchev–Trinajstić information content (AvgIpc) is 2.67. The molecule has 0 saturated heterocycles. The van der Waals surface area contributed by atoms with Crippen molar-refractivity contribution in [2.75, 3.05) is 6.61 Å². The second-order valence-electron chi connectivity index (χ2n) is 6.95. The highest BCUT2D eigenvalue weighted by Crippen LogP contribution is 2.30. The Labute approximate surface area is 150 Å². The van der Waals surface area contributed by atoms with Crippen molar-refractivity contribution in [1.82, 2.24) is 0 Å². The summed E-state index contributed by atoms with van der Waals surface area (Å²) >= 11 is 0. The van der Waals surface area contributed by atoms with E-state index in [2.05, 4.69) is 0 Å². The third-order valence-electron chi connectivity index (χ3n) is 5.23. The second-order valence-corrected chi connectivity index (χ2v) is 6.95. The molecule has 2 aromatic carbocycles. The van der Waals surface area contributed by atoms with Crippen LogP contribution in [0.3, 0.4) is 0 Å². The van der Waals surface area contributed by atoms with Crippen molar-refractivity contribution in [1.29, 1.82) is 0 Å². The van der Waals surface area contributed by atoms with Crippen molar-refractivity contribution in [2.45, 2.75) is 25.7 Å². The number of benzene rings is 2. The predicted molar refractivity (Wildman–Crippen MR) is 98.6 cm³/mol. The molecule has 0 amide bonds. The van der Waals surface area contributed by atoms with Crippen LogP contribution in [0.1, 0.15) is 25.7 Å². The molecule has 1 saturated carbocycles. The van der Waals surface area contributed by atoms with Crippen LogP contribution in [0.15, 0.2) is 51.7 Å². The van der Waals surface area contributed by atoms with Gasteiger partial charge in [-0.2, -0.15) is 0 Å². The van der Waals surface area contributed by atoms with Crippen LogP contribution in [0.5, 0.6) is 5.75 Å². The van der Waals surface area contributed by atoms with Gasteiger partial charge in [-0.3, -0.25) is 9.59 Å². The molecule has 0 unspecified atom stereocenters. The number of rotatable bonds is 4. The number of carbonyl (C=O) groups is 1. The molecule has 4 rings (SSSR count). The van der Waals surface area contributed by atoms with E-state index < -0.39 is 5.97 Å². The molecular formula is C21H20O5. The molecule has 0 atom stereocenters. The van der Waals surface area contributed by atoms with Crippen molar-refractivity contribution in [3.63, 3.8) is 0 Å². The quantitative estimate of drug-likeness (QED) is 0.712. The first kappa shape index (κ1) is 16.6. The summed E-state index contributed by atoms with van der Waals surface area (Å²) in [4.78, 5) is 23.7. The number of fused-ring (bicyclic) bond motifs is 2. The first-order valence-corrected chi connectivity index (χ1v) is 8.93. The third-order valence-corrected chi connectivity index (χ3v) is 5.23. The lowest BCUT2D eigenvalue weighted by molar-refractivity contribution is -0.143. The fraction of sp³-hybridized carbons (Fsp3) is 0.333. The molecule has 1 heterocycles. The smallest absolute Gasteiger partial charge is 0.306 e. The second kappa shape index (κ2) is 6.83. The number of carboxylic acid groups (broad SMARTS) is 1. The maximum Gasteiger partial charge on any atom is 0.306 e. The highest BCUT2D eigenvalue weighted by atomic mass is 16.5. The number of para-hydroxylation sites is 1. The molecular weight excluding hydrogens is 332 g/mol. The zero-order valence-electron chi connectivity index (χ0n) is 14.3. The minimum atomic E-state index is -0.696. The van der Waals surface area contributed by atoms with E-state index in [0.29, 0.717) is 53.1 Å². The standard InChI is InChI=1S/C21H20O5/c22-20-16-3-1-2-4-18(16)26-19-10-9-15(11-17(19)20)25-12-13-5-7-14(8-6-13)21(23)24/h1-4,9-11,13-14H,5-8,12H2,(H,23,24). The van der Waals surface area contributed by atoms with Gasteiger partial charge in [-0.1, -0.05) is 12.1 Å². The van der Waals surface area contributed by atoms with Gasteiger partial charge >= 0.3 is 5.97 Å².